The van der Waals surface area contributed by atoms with E-state index in [1.807, 2.05) is 12.4 Å². The van der Waals surface area contributed by atoms with E-state index >= 15 is 0 Å². The smallest absolute Gasteiger partial charge is 0.338 e. The van der Waals surface area contributed by atoms with E-state index in [0.717, 1.165) is 16.1 Å². The van der Waals surface area contributed by atoms with Crippen molar-refractivity contribution in [3.8, 4) is 0 Å². The molecule has 150 valence electrons. The van der Waals surface area contributed by atoms with E-state index < -0.39 is 10.9 Å². The van der Waals surface area contributed by atoms with Crippen LogP contribution in [0.2, 0.25) is 0 Å². The van der Waals surface area contributed by atoms with Gasteiger partial charge in [0.1, 0.15) is 11.6 Å². The van der Waals surface area contributed by atoms with Crippen LogP contribution in [0.4, 0.5) is 11.5 Å². The molecule has 0 aliphatic heterocycles. The molecule has 3 rings (SSSR count). The normalized spacial score (nSPS) is 10.7. The molecule has 0 radical (unpaired) electrons. The number of hydrogen-bond acceptors (Lipinski definition) is 8. The molecule has 0 atom stereocenters. The van der Waals surface area contributed by atoms with Crippen LogP contribution in [0.5, 0.6) is 0 Å². The van der Waals surface area contributed by atoms with Crippen molar-refractivity contribution >= 4 is 28.8 Å². The van der Waals surface area contributed by atoms with Crippen LogP contribution in [0, 0.1) is 24.0 Å². The van der Waals surface area contributed by atoms with Crippen LogP contribution in [0.15, 0.2) is 36.0 Å². The van der Waals surface area contributed by atoms with E-state index in [0.29, 0.717) is 24.6 Å². The molecule has 0 bridgehead atoms. The third kappa shape index (κ3) is 4.91. The van der Waals surface area contributed by atoms with E-state index in [2.05, 4.69) is 14.5 Å². The van der Waals surface area contributed by atoms with Gasteiger partial charge in [0.15, 0.2) is 12.2 Å². The third-order valence-electron chi connectivity index (χ3n) is 4.39. The summed E-state index contributed by atoms with van der Waals surface area (Å²) in [5, 5.41) is 10.7. The number of thiazole rings is 1. The number of nitrogen functional groups attached to an aromatic ring is 1. The van der Waals surface area contributed by atoms with Gasteiger partial charge in [0.2, 0.25) is 5.51 Å². The predicted molar refractivity (Wildman–Crippen MR) is 107 cm³/mol. The summed E-state index contributed by atoms with van der Waals surface area (Å²) in [7, 11) is 0. The van der Waals surface area contributed by atoms with Crippen molar-refractivity contribution in [1.29, 1.82) is 0 Å². The van der Waals surface area contributed by atoms with Gasteiger partial charge in [-0.1, -0.05) is 11.3 Å². The molecule has 0 saturated heterocycles. The van der Waals surface area contributed by atoms with E-state index in [4.69, 9.17) is 10.5 Å². The number of non-ortho nitro benzene ring substituents is 1. The summed E-state index contributed by atoms with van der Waals surface area (Å²) in [6, 6.07) is 5.34. The number of rotatable bonds is 7. The lowest BCUT2D eigenvalue weighted by molar-refractivity contribution is -0.689. The van der Waals surface area contributed by atoms with Crippen LogP contribution in [-0.4, -0.2) is 27.5 Å². The number of nitrogens with zero attached hydrogens (tertiary/aromatic N) is 4. The molecule has 0 saturated carbocycles. The summed E-state index contributed by atoms with van der Waals surface area (Å²) in [5.74, 6) is 0.592. The lowest BCUT2D eigenvalue weighted by atomic mass is 10.2. The fourth-order valence-electron chi connectivity index (χ4n) is 2.70. The molecule has 0 fully saturated rings. The summed E-state index contributed by atoms with van der Waals surface area (Å²) in [4.78, 5) is 31.7. The maximum absolute atomic E-state index is 12.1. The van der Waals surface area contributed by atoms with Crippen molar-refractivity contribution in [3.05, 3.63) is 73.6 Å². The SMILES string of the molecule is Cc1ncc(C[n+]2csc(CCOC(=O)c3ccc([N+](=O)[O-])cc3)c2C)c(N)n1. The molecular formula is C19H20N5O4S+. The molecule has 10 heteroatoms. The Labute approximate surface area is 171 Å². The molecule has 3 aromatic rings. The zero-order chi connectivity index (χ0) is 21.0. The van der Waals surface area contributed by atoms with Crippen molar-refractivity contribution < 1.29 is 19.0 Å². The maximum Gasteiger partial charge on any atom is 0.338 e. The highest BCUT2D eigenvalue weighted by molar-refractivity contribution is 7.09. The van der Waals surface area contributed by atoms with Crippen LogP contribution >= 0.6 is 11.3 Å². The van der Waals surface area contributed by atoms with Crippen LogP contribution in [0.25, 0.3) is 0 Å². The highest BCUT2D eigenvalue weighted by atomic mass is 32.1. The van der Waals surface area contributed by atoms with Gasteiger partial charge >= 0.3 is 5.97 Å². The van der Waals surface area contributed by atoms with Crippen molar-refractivity contribution in [2.75, 3.05) is 12.3 Å². The van der Waals surface area contributed by atoms with E-state index in [-0.39, 0.29) is 17.9 Å². The molecular weight excluding hydrogens is 394 g/mol. The minimum Gasteiger partial charge on any atom is -0.462 e. The summed E-state index contributed by atoms with van der Waals surface area (Å²) in [6.45, 7) is 4.57. The molecule has 0 spiro atoms. The highest BCUT2D eigenvalue weighted by Crippen LogP contribution is 2.16. The van der Waals surface area contributed by atoms with Crippen LogP contribution in [-0.2, 0) is 17.7 Å². The van der Waals surface area contributed by atoms with E-state index in [9.17, 15) is 14.9 Å². The first kappa shape index (κ1) is 20.3. The van der Waals surface area contributed by atoms with Gasteiger partial charge in [0.25, 0.3) is 5.69 Å². The second kappa shape index (κ2) is 8.74. The minimum absolute atomic E-state index is 0.0695. The fourth-order valence-corrected chi connectivity index (χ4v) is 3.68. The molecule has 2 heterocycles. The average molecular weight is 414 g/mol. The Hall–Kier alpha value is -3.40. The van der Waals surface area contributed by atoms with Crippen molar-refractivity contribution in [2.45, 2.75) is 26.8 Å². The molecule has 9 nitrogen and oxygen atoms in total. The quantitative estimate of drug-likeness (QED) is 0.272. The van der Waals surface area contributed by atoms with Gasteiger partial charge in [-0.05, 0) is 19.1 Å². The fraction of sp³-hybridized carbons (Fsp3) is 0.263. The van der Waals surface area contributed by atoms with Crippen molar-refractivity contribution in [3.63, 3.8) is 0 Å². The maximum atomic E-state index is 12.1. The minimum atomic E-state index is -0.514. The second-order valence-corrected chi connectivity index (χ2v) is 7.32. The Kier molecular flexibility index (Phi) is 6.13. The number of nitrogens with two attached hydrogens (primary N) is 1. The summed E-state index contributed by atoms with van der Waals surface area (Å²) in [6.07, 6.45) is 2.30. The number of ether oxygens (including phenoxy) is 1. The van der Waals surface area contributed by atoms with Crippen LogP contribution < -0.4 is 10.3 Å². The molecule has 29 heavy (non-hydrogen) atoms. The van der Waals surface area contributed by atoms with Gasteiger partial charge in [-0.3, -0.25) is 10.1 Å². The number of nitro groups is 1. The van der Waals surface area contributed by atoms with Crippen molar-refractivity contribution in [2.24, 2.45) is 0 Å². The van der Waals surface area contributed by atoms with Gasteiger partial charge in [-0.15, -0.1) is 0 Å². The topological polar surface area (TPSA) is 125 Å². The summed E-state index contributed by atoms with van der Waals surface area (Å²) in [5.41, 5.74) is 10.1. The Morgan fingerprint density at radius 1 is 1.31 bits per heavy atom. The van der Waals surface area contributed by atoms with Crippen LogP contribution in [0.1, 0.15) is 32.3 Å². The summed E-state index contributed by atoms with van der Waals surface area (Å²) >= 11 is 1.57. The molecule has 2 N–H and O–H groups in total. The third-order valence-corrected chi connectivity index (χ3v) is 5.54. The Morgan fingerprint density at radius 3 is 2.69 bits per heavy atom. The second-order valence-electron chi connectivity index (χ2n) is 6.38. The highest BCUT2D eigenvalue weighted by Gasteiger charge is 2.18. The number of esters is 1. The number of aryl methyl sites for hydroxylation is 1. The number of nitro benzene ring substituents is 1. The Balaban J connectivity index is 1.57. The largest absolute Gasteiger partial charge is 0.462 e. The van der Waals surface area contributed by atoms with Gasteiger partial charge in [-0.25, -0.2) is 14.8 Å². The molecule has 0 unspecified atom stereocenters. The zero-order valence-corrected chi connectivity index (χ0v) is 16.8. The Bertz CT molecular complexity index is 1050. The van der Waals surface area contributed by atoms with Gasteiger partial charge < -0.3 is 10.5 Å². The first-order valence-electron chi connectivity index (χ1n) is 8.81. The van der Waals surface area contributed by atoms with Crippen molar-refractivity contribution in [1.82, 2.24) is 9.97 Å². The Morgan fingerprint density at radius 2 is 2.03 bits per heavy atom. The predicted octanol–water partition coefficient (Wildman–Crippen LogP) is 2.38. The van der Waals surface area contributed by atoms with Gasteiger partial charge in [-0.2, -0.15) is 4.57 Å². The first-order valence-corrected chi connectivity index (χ1v) is 9.69. The molecule has 1 aromatic carbocycles. The monoisotopic (exact) mass is 414 g/mol. The first-order chi connectivity index (χ1) is 13.8. The zero-order valence-electron chi connectivity index (χ0n) is 16.0. The number of aromatic nitrogens is 3. The summed E-state index contributed by atoms with van der Waals surface area (Å²) < 4.78 is 7.35. The molecule has 0 aliphatic carbocycles. The van der Waals surface area contributed by atoms with Gasteiger partial charge in [0.05, 0.1) is 27.5 Å². The molecule has 2 aromatic heterocycles. The molecule has 0 amide bonds. The number of hydrogen-bond donors (Lipinski definition) is 1. The molecule has 0 aliphatic rings. The van der Waals surface area contributed by atoms with E-state index in [1.54, 1.807) is 24.5 Å². The lowest BCUT2D eigenvalue weighted by Gasteiger charge is -2.04. The number of carbonyl (C=O) groups is 1. The van der Waals surface area contributed by atoms with Crippen LogP contribution in [0.3, 0.4) is 0 Å². The van der Waals surface area contributed by atoms with Gasteiger partial charge in [0, 0.05) is 31.7 Å². The number of anilines is 1. The lowest BCUT2D eigenvalue weighted by Crippen LogP contribution is -2.35. The number of benzene rings is 1. The standard InChI is InChI=1S/C19H20N5O4S/c1-12-17(29-11-23(12)10-15-9-21-13(2)22-18(15)20)7-8-28-19(25)14-3-5-16(6-4-14)24(26)27/h3-6,9,11H,7-8,10H2,1-2H3,(H2,20,21,22)/q+1. The van der Waals surface area contributed by atoms with E-state index in [1.165, 1.54) is 24.3 Å². The average Bonchev–Trinajstić information content (AvgIpc) is 3.03. The number of carbonyl (C=O) groups excluding carboxylic acids is 1.